The van der Waals surface area contributed by atoms with Gasteiger partial charge in [-0.2, -0.15) is 0 Å². The Morgan fingerprint density at radius 3 is 2.32 bits per heavy atom. The van der Waals surface area contributed by atoms with E-state index in [9.17, 15) is 5.11 Å². The van der Waals surface area contributed by atoms with Crippen LogP contribution in [0, 0.1) is 19.8 Å². The van der Waals surface area contributed by atoms with Crippen LogP contribution in [-0.4, -0.2) is 36.8 Å². The van der Waals surface area contributed by atoms with E-state index in [4.69, 9.17) is 4.74 Å². The van der Waals surface area contributed by atoms with Crippen molar-refractivity contribution in [2.24, 2.45) is 5.92 Å². The fraction of sp³-hybridized carbons (Fsp3) is 0.625. The number of phenolic OH excluding ortho intramolecular Hbond substituents is 1. The molecule has 0 spiro atoms. The van der Waals surface area contributed by atoms with Gasteiger partial charge in [0.1, 0.15) is 5.75 Å². The van der Waals surface area contributed by atoms with E-state index in [1.807, 2.05) is 13.8 Å². The molecule has 0 saturated carbocycles. The van der Waals surface area contributed by atoms with E-state index in [0.717, 1.165) is 43.3 Å². The summed E-state index contributed by atoms with van der Waals surface area (Å²) in [6, 6.07) is 4.20. The molecule has 3 heteroatoms. The normalized spacial score (nSPS) is 17.8. The Balaban J connectivity index is 1.92. The van der Waals surface area contributed by atoms with Gasteiger partial charge in [-0.3, -0.25) is 4.90 Å². The zero-order valence-electron chi connectivity index (χ0n) is 12.3. The van der Waals surface area contributed by atoms with Crippen molar-refractivity contribution in [3.05, 3.63) is 28.8 Å². The number of ether oxygens (including phenoxy) is 1. The number of likely N-dealkylation sites (tertiary alicyclic amines) is 1. The number of rotatable bonds is 4. The molecule has 1 saturated heterocycles. The molecule has 1 aromatic carbocycles. The fourth-order valence-corrected chi connectivity index (χ4v) is 2.94. The van der Waals surface area contributed by atoms with Gasteiger partial charge < -0.3 is 9.84 Å². The molecule has 0 radical (unpaired) electrons. The van der Waals surface area contributed by atoms with Gasteiger partial charge in [0.15, 0.2) is 0 Å². The SMILES string of the molecule is COCC1CCN(Cc2cc(C)c(O)c(C)c2)CC1. The van der Waals surface area contributed by atoms with Crippen LogP contribution >= 0.6 is 0 Å². The van der Waals surface area contributed by atoms with Gasteiger partial charge in [-0.15, -0.1) is 0 Å². The lowest BCUT2D eigenvalue weighted by molar-refractivity contribution is 0.0968. The first-order valence-electron chi connectivity index (χ1n) is 7.10. The van der Waals surface area contributed by atoms with Crippen molar-refractivity contribution in [3.63, 3.8) is 0 Å². The van der Waals surface area contributed by atoms with E-state index in [1.54, 1.807) is 7.11 Å². The number of hydrogen-bond acceptors (Lipinski definition) is 3. The monoisotopic (exact) mass is 263 g/mol. The second kappa shape index (κ2) is 6.40. The van der Waals surface area contributed by atoms with E-state index in [2.05, 4.69) is 17.0 Å². The van der Waals surface area contributed by atoms with Crippen molar-refractivity contribution in [1.29, 1.82) is 0 Å². The highest BCUT2D eigenvalue weighted by atomic mass is 16.5. The lowest BCUT2D eigenvalue weighted by Crippen LogP contribution is -2.34. The first-order chi connectivity index (χ1) is 9.10. The molecule has 1 heterocycles. The third kappa shape index (κ3) is 3.71. The van der Waals surface area contributed by atoms with Gasteiger partial charge in [-0.05, 0) is 62.4 Å². The maximum Gasteiger partial charge on any atom is 0.121 e. The summed E-state index contributed by atoms with van der Waals surface area (Å²) in [6.45, 7) is 8.11. The smallest absolute Gasteiger partial charge is 0.121 e. The van der Waals surface area contributed by atoms with Crippen molar-refractivity contribution in [2.75, 3.05) is 26.8 Å². The van der Waals surface area contributed by atoms with E-state index in [0.29, 0.717) is 5.75 Å². The summed E-state index contributed by atoms with van der Waals surface area (Å²) in [5.74, 6) is 1.16. The third-order valence-electron chi connectivity index (χ3n) is 4.07. The number of benzene rings is 1. The van der Waals surface area contributed by atoms with Gasteiger partial charge in [0.25, 0.3) is 0 Å². The van der Waals surface area contributed by atoms with Crippen molar-refractivity contribution < 1.29 is 9.84 Å². The summed E-state index contributed by atoms with van der Waals surface area (Å²) < 4.78 is 5.23. The first kappa shape index (κ1) is 14.4. The molecule has 0 unspecified atom stereocenters. The molecule has 1 N–H and O–H groups in total. The Morgan fingerprint density at radius 2 is 1.79 bits per heavy atom. The standard InChI is InChI=1S/C16H25NO2/c1-12-8-15(9-13(2)16(12)18)10-17-6-4-14(5-7-17)11-19-3/h8-9,14,18H,4-7,10-11H2,1-3H3. The quantitative estimate of drug-likeness (QED) is 0.906. The Hall–Kier alpha value is -1.06. The second-order valence-corrected chi connectivity index (χ2v) is 5.75. The minimum Gasteiger partial charge on any atom is -0.507 e. The van der Waals surface area contributed by atoms with Crippen LogP contribution in [0.15, 0.2) is 12.1 Å². The average Bonchev–Trinajstić information content (AvgIpc) is 2.38. The highest BCUT2D eigenvalue weighted by Gasteiger charge is 2.19. The molecule has 1 fully saturated rings. The van der Waals surface area contributed by atoms with Crippen LogP contribution in [0.5, 0.6) is 5.75 Å². The van der Waals surface area contributed by atoms with Gasteiger partial charge in [0.05, 0.1) is 0 Å². The molecular formula is C16H25NO2. The van der Waals surface area contributed by atoms with Crippen LogP contribution in [0.1, 0.15) is 29.5 Å². The number of aryl methyl sites for hydroxylation is 2. The molecule has 0 aliphatic carbocycles. The fourth-order valence-electron chi connectivity index (χ4n) is 2.94. The lowest BCUT2D eigenvalue weighted by Gasteiger charge is -2.31. The highest BCUT2D eigenvalue weighted by Crippen LogP contribution is 2.25. The minimum atomic E-state index is 0.433. The Labute approximate surface area is 116 Å². The van der Waals surface area contributed by atoms with Crippen molar-refractivity contribution in [1.82, 2.24) is 4.90 Å². The summed E-state index contributed by atoms with van der Waals surface area (Å²) in [7, 11) is 1.79. The van der Waals surface area contributed by atoms with Crippen LogP contribution in [0.25, 0.3) is 0 Å². The molecule has 1 aliphatic rings. The van der Waals surface area contributed by atoms with E-state index < -0.39 is 0 Å². The van der Waals surface area contributed by atoms with E-state index in [1.165, 1.54) is 18.4 Å². The number of nitrogens with zero attached hydrogens (tertiary/aromatic N) is 1. The number of piperidine rings is 1. The average molecular weight is 263 g/mol. The Morgan fingerprint density at radius 1 is 1.21 bits per heavy atom. The second-order valence-electron chi connectivity index (χ2n) is 5.75. The molecular weight excluding hydrogens is 238 g/mol. The number of aromatic hydroxyl groups is 1. The molecule has 106 valence electrons. The molecule has 3 nitrogen and oxygen atoms in total. The van der Waals surface area contributed by atoms with Gasteiger partial charge in [0, 0.05) is 20.3 Å². The van der Waals surface area contributed by atoms with Crippen LogP contribution in [-0.2, 0) is 11.3 Å². The third-order valence-corrected chi connectivity index (χ3v) is 4.07. The van der Waals surface area contributed by atoms with Gasteiger partial charge in [-0.25, -0.2) is 0 Å². The molecule has 0 aromatic heterocycles. The Kier molecular flexibility index (Phi) is 4.83. The summed E-state index contributed by atoms with van der Waals surface area (Å²) >= 11 is 0. The zero-order chi connectivity index (χ0) is 13.8. The van der Waals surface area contributed by atoms with Crippen molar-refractivity contribution >= 4 is 0 Å². The maximum atomic E-state index is 9.80. The summed E-state index contributed by atoms with van der Waals surface area (Å²) in [5, 5.41) is 9.80. The number of phenols is 1. The van der Waals surface area contributed by atoms with Gasteiger partial charge in [0.2, 0.25) is 0 Å². The van der Waals surface area contributed by atoms with Crippen molar-refractivity contribution in [2.45, 2.75) is 33.2 Å². The first-order valence-corrected chi connectivity index (χ1v) is 7.10. The topological polar surface area (TPSA) is 32.7 Å². The van der Waals surface area contributed by atoms with Crippen molar-refractivity contribution in [3.8, 4) is 5.75 Å². The van der Waals surface area contributed by atoms with Crippen LogP contribution in [0.2, 0.25) is 0 Å². The molecule has 1 aromatic rings. The summed E-state index contributed by atoms with van der Waals surface area (Å²) in [5.41, 5.74) is 3.26. The molecule has 0 atom stereocenters. The largest absolute Gasteiger partial charge is 0.507 e. The number of methoxy groups -OCH3 is 1. The highest BCUT2D eigenvalue weighted by molar-refractivity contribution is 5.42. The van der Waals surface area contributed by atoms with E-state index >= 15 is 0 Å². The number of hydrogen-bond donors (Lipinski definition) is 1. The predicted octanol–water partition coefficient (Wildman–Crippen LogP) is 2.87. The predicted molar refractivity (Wildman–Crippen MR) is 77.5 cm³/mol. The summed E-state index contributed by atoms with van der Waals surface area (Å²) in [6.07, 6.45) is 2.45. The van der Waals surface area contributed by atoms with Crippen LogP contribution in [0.4, 0.5) is 0 Å². The zero-order valence-corrected chi connectivity index (χ0v) is 12.3. The minimum absolute atomic E-state index is 0.433. The maximum absolute atomic E-state index is 9.80. The molecule has 2 rings (SSSR count). The molecule has 0 bridgehead atoms. The van der Waals surface area contributed by atoms with Gasteiger partial charge >= 0.3 is 0 Å². The molecule has 19 heavy (non-hydrogen) atoms. The van der Waals surface area contributed by atoms with E-state index in [-0.39, 0.29) is 0 Å². The molecule has 0 amide bonds. The molecule has 1 aliphatic heterocycles. The Bertz CT molecular complexity index is 400. The van der Waals surface area contributed by atoms with Crippen LogP contribution < -0.4 is 0 Å². The van der Waals surface area contributed by atoms with Gasteiger partial charge in [-0.1, -0.05) is 12.1 Å². The van der Waals surface area contributed by atoms with Crippen LogP contribution in [0.3, 0.4) is 0 Å². The lowest BCUT2D eigenvalue weighted by atomic mass is 9.97. The summed E-state index contributed by atoms with van der Waals surface area (Å²) in [4.78, 5) is 2.50.